The van der Waals surface area contributed by atoms with Crippen LogP contribution in [0.2, 0.25) is 0 Å². The third kappa shape index (κ3) is 1.62. The molecule has 0 bridgehead atoms. The molecular weight excluding hydrogens is 194 g/mol. The second-order valence-electron chi connectivity index (χ2n) is 2.82. The average Bonchev–Trinajstić information content (AvgIpc) is 2.17. The fourth-order valence-electron chi connectivity index (χ4n) is 1.21. The van der Waals surface area contributed by atoms with Gasteiger partial charge >= 0.3 is 0 Å². The van der Waals surface area contributed by atoms with E-state index in [1.165, 1.54) is 12.4 Å². The number of aromatic nitrogens is 4. The van der Waals surface area contributed by atoms with Gasteiger partial charge in [-0.15, -0.1) is 0 Å². The zero-order valence-electron chi connectivity index (χ0n) is 7.75. The molecule has 0 fully saturated rings. The minimum Gasteiger partial charge on any atom is -0.383 e. The monoisotopic (exact) mass is 203 g/mol. The van der Waals surface area contributed by atoms with Crippen LogP contribution >= 0.6 is 0 Å². The fourth-order valence-corrected chi connectivity index (χ4v) is 1.21. The van der Waals surface area contributed by atoms with Crippen molar-refractivity contribution in [3.63, 3.8) is 0 Å². The van der Waals surface area contributed by atoms with E-state index < -0.39 is 0 Å². The number of rotatable bonds is 1. The first-order chi connectivity index (χ1) is 7.18. The van der Waals surface area contributed by atoms with E-state index in [2.05, 4.69) is 19.9 Å². The molecule has 2 heterocycles. The molecule has 2 aromatic rings. The van der Waals surface area contributed by atoms with Crippen LogP contribution in [0.25, 0.3) is 11.3 Å². The van der Waals surface area contributed by atoms with Gasteiger partial charge in [-0.3, -0.25) is 9.97 Å². The molecule has 2 aromatic heterocycles. The van der Waals surface area contributed by atoms with Gasteiger partial charge in [0.1, 0.15) is 11.6 Å². The molecule has 0 spiro atoms. The highest BCUT2D eigenvalue weighted by molar-refractivity contribution is 5.80. The van der Waals surface area contributed by atoms with Gasteiger partial charge in [0.2, 0.25) is 5.95 Å². The quantitative estimate of drug-likeness (QED) is 0.579. The van der Waals surface area contributed by atoms with Crippen molar-refractivity contribution in [2.75, 3.05) is 17.2 Å². The summed E-state index contributed by atoms with van der Waals surface area (Å²) in [5.74, 6) is 0.429. The first-order valence-electron chi connectivity index (χ1n) is 4.13. The van der Waals surface area contributed by atoms with Crippen molar-refractivity contribution in [2.45, 2.75) is 0 Å². The van der Waals surface area contributed by atoms with E-state index in [4.69, 9.17) is 17.2 Å². The standard InChI is InChI=1S/C8H9N7/c9-6-5(4-3-12-1-2-13-4)7(10)15-8(11)14-6/h1-3H,(H6,9,10,11,14,15). The third-order valence-corrected chi connectivity index (χ3v) is 1.80. The van der Waals surface area contributed by atoms with Crippen LogP contribution in [0.15, 0.2) is 18.6 Å². The Bertz CT molecular complexity index is 459. The summed E-state index contributed by atoms with van der Waals surface area (Å²) in [4.78, 5) is 15.6. The highest BCUT2D eigenvalue weighted by atomic mass is 15.1. The minimum absolute atomic E-state index is 0.0395. The first kappa shape index (κ1) is 9.13. The third-order valence-electron chi connectivity index (χ3n) is 1.80. The number of nitrogen functional groups attached to an aromatic ring is 3. The van der Waals surface area contributed by atoms with Crippen LogP contribution in [-0.4, -0.2) is 19.9 Å². The molecule has 0 saturated carbocycles. The van der Waals surface area contributed by atoms with Crippen molar-refractivity contribution < 1.29 is 0 Å². The van der Waals surface area contributed by atoms with Crippen LogP contribution in [0.5, 0.6) is 0 Å². The Morgan fingerprint density at radius 2 is 1.60 bits per heavy atom. The Balaban J connectivity index is 2.64. The summed E-state index contributed by atoms with van der Waals surface area (Å²) in [7, 11) is 0. The molecule has 7 nitrogen and oxygen atoms in total. The predicted molar refractivity (Wildman–Crippen MR) is 56.3 cm³/mol. The largest absolute Gasteiger partial charge is 0.383 e. The molecule has 15 heavy (non-hydrogen) atoms. The van der Waals surface area contributed by atoms with E-state index in [0.717, 1.165) is 0 Å². The van der Waals surface area contributed by atoms with E-state index in [-0.39, 0.29) is 17.6 Å². The van der Waals surface area contributed by atoms with E-state index in [1.54, 1.807) is 6.20 Å². The van der Waals surface area contributed by atoms with Crippen molar-refractivity contribution in [1.29, 1.82) is 0 Å². The van der Waals surface area contributed by atoms with Crippen molar-refractivity contribution in [1.82, 2.24) is 19.9 Å². The molecule has 0 unspecified atom stereocenters. The summed E-state index contributed by atoms with van der Waals surface area (Å²) in [6, 6.07) is 0. The Morgan fingerprint density at radius 3 is 2.13 bits per heavy atom. The van der Waals surface area contributed by atoms with E-state index in [1.807, 2.05) is 0 Å². The predicted octanol–water partition coefficient (Wildman–Crippen LogP) is -0.320. The first-order valence-corrected chi connectivity index (χ1v) is 4.13. The van der Waals surface area contributed by atoms with Crippen molar-refractivity contribution >= 4 is 17.6 Å². The number of hydrogen-bond donors (Lipinski definition) is 3. The van der Waals surface area contributed by atoms with Crippen LogP contribution in [0.4, 0.5) is 17.6 Å². The van der Waals surface area contributed by atoms with Crippen LogP contribution in [0.1, 0.15) is 0 Å². The van der Waals surface area contributed by atoms with Crippen molar-refractivity contribution in [2.24, 2.45) is 0 Å². The molecule has 2 rings (SSSR count). The normalized spacial score (nSPS) is 10.1. The Hall–Kier alpha value is -2.44. The summed E-state index contributed by atoms with van der Waals surface area (Å²) in [5.41, 5.74) is 17.7. The van der Waals surface area contributed by atoms with Crippen molar-refractivity contribution in [3.05, 3.63) is 18.6 Å². The van der Waals surface area contributed by atoms with Gasteiger partial charge in [0.25, 0.3) is 0 Å². The Morgan fingerprint density at radius 1 is 0.933 bits per heavy atom. The van der Waals surface area contributed by atoms with Gasteiger partial charge in [-0.2, -0.15) is 9.97 Å². The van der Waals surface area contributed by atoms with E-state index in [9.17, 15) is 0 Å². The van der Waals surface area contributed by atoms with Gasteiger partial charge in [0, 0.05) is 12.4 Å². The SMILES string of the molecule is Nc1nc(N)c(-c2cnccn2)c(N)n1. The number of anilines is 3. The molecule has 7 heteroatoms. The molecule has 0 saturated heterocycles. The molecule has 0 aliphatic heterocycles. The highest BCUT2D eigenvalue weighted by Gasteiger charge is 2.11. The van der Waals surface area contributed by atoms with E-state index >= 15 is 0 Å². The maximum atomic E-state index is 5.68. The average molecular weight is 203 g/mol. The lowest BCUT2D eigenvalue weighted by Crippen LogP contribution is -2.06. The zero-order chi connectivity index (χ0) is 10.8. The molecule has 76 valence electrons. The van der Waals surface area contributed by atoms with E-state index in [0.29, 0.717) is 11.3 Å². The number of nitrogens with two attached hydrogens (primary N) is 3. The van der Waals surface area contributed by atoms with Gasteiger partial charge < -0.3 is 17.2 Å². The molecule has 0 aliphatic carbocycles. The smallest absolute Gasteiger partial charge is 0.223 e. The number of hydrogen-bond acceptors (Lipinski definition) is 7. The van der Waals surface area contributed by atoms with Crippen LogP contribution in [0.3, 0.4) is 0 Å². The van der Waals surface area contributed by atoms with Gasteiger partial charge in [-0.25, -0.2) is 0 Å². The Kier molecular flexibility index (Phi) is 2.05. The topological polar surface area (TPSA) is 130 Å². The molecule has 0 atom stereocenters. The maximum absolute atomic E-state index is 5.68. The molecule has 0 aliphatic rings. The maximum Gasteiger partial charge on any atom is 0.223 e. The van der Waals surface area contributed by atoms with Gasteiger partial charge in [-0.05, 0) is 0 Å². The molecular formula is C8H9N7. The van der Waals surface area contributed by atoms with Crippen molar-refractivity contribution in [3.8, 4) is 11.3 Å². The lowest BCUT2D eigenvalue weighted by Gasteiger charge is -2.06. The van der Waals surface area contributed by atoms with Gasteiger partial charge in [0.05, 0.1) is 17.5 Å². The summed E-state index contributed by atoms with van der Waals surface area (Å²) in [6.45, 7) is 0. The van der Waals surface area contributed by atoms with Crippen LogP contribution in [0, 0.1) is 0 Å². The molecule has 0 radical (unpaired) electrons. The molecule has 0 amide bonds. The summed E-state index contributed by atoms with van der Waals surface area (Å²) < 4.78 is 0. The zero-order valence-corrected chi connectivity index (χ0v) is 7.75. The Labute approximate surface area is 85.4 Å². The number of nitrogens with zero attached hydrogens (tertiary/aromatic N) is 4. The summed E-state index contributed by atoms with van der Waals surface area (Å²) >= 11 is 0. The fraction of sp³-hybridized carbons (Fsp3) is 0. The van der Waals surface area contributed by atoms with Gasteiger partial charge in [0.15, 0.2) is 0 Å². The highest BCUT2D eigenvalue weighted by Crippen LogP contribution is 2.27. The molecule has 0 aromatic carbocycles. The summed E-state index contributed by atoms with van der Waals surface area (Å²) in [5, 5.41) is 0. The second-order valence-corrected chi connectivity index (χ2v) is 2.82. The summed E-state index contributed by atoms with van der Waals surface area (Å²) in [6.07, 6.45) is 4.61. The second kappa shape index (κ2) is 3.37. The lowest BCUT2D eigenvalue weighted by atomic mass is 10.2. The molecule has 6 N–H and O–H groups in total. The van der Waals surface area contributed by atoms with Crippen LogP contribution in [-0.2, 0) is 0 Å². The lowest BCUT2D eigenvalue weighted by molar-refractivity contribution is 1.17. The minimum atomic E-state index is 0.0395. The van der Waals surface area contributed by atoms with Gasteiger partial charge in [-0.1, -0.05) is 0 Å². The van der Waals surface area contributed by atoms with Crippen LogP contribution < -0.4 is 17.2 Å².